The van der Waals surface area contributed by atoms with Crippen molar-refractivity contribution < 1.29 is 19.3 Å². The van der Waals surface area contributed by atoms with E-state index < -0.39 is 0 Å². The fraction of sp³-hybridized carbons (Fsp3) is 1.00. The van der Waals surface area contributed by atoms with Gasteiger partial charge in [0.1, 0.15) is 0 Å². The molecule has 4 heteroatoms. The SMILES string of the molecule is CC1CC(OCCO)OCCO1. The number of ether oxygens (including phenoxy) is 3. The summed E-state index contributed by atoms with van der Waals surface area (Å²) in [5.74, 6) is 0. The molecule has 1 saturated heterocycles. The van der Waals surface area contributed by atoms with Crippen molar-refractivity contribution in [2.45, 2.75) is 25.7 Å². The highest BCUT2D eigenvalue weighted by atomic mass is 16.7. The minimum atomic E-state index is -0.213. The lowest BCUT2D eigenvalue weighted by molar-refractivity contribution is -0.144. The van der Waals surface area contributed by atoms with Gasteiger partial charge in [0.2, 0.25) is 0 Å². The molecule has 12 heavy (non-hydrogen) atoms. The summed E-state index contributed by atoms with van der Waals surface area (Å²) in [6.07, 6.45) is 0.700. The number of aliphatic hydroxyl groups is 1. The number of hydrogen-bond acceptors (Lipinski definition) is 4. The van der Waals surface area contributed by atoms with E-state index in [1.54, 1.807) is 0 Å². The van der Waals surface area contributed by atoms with Gasteiger partial charge in [-0.2, -0.15) is 0 Å². The van der Waals surface area contributed by atoms with Gasteiger partial charge in [0, 0.05) is 6.42 Å². The summed E-state index contributed by atoms with van der Waals surface area (Å²) < 4.78 is 15.9. The molecule has 1 fully saturated rings. The van der Waals surface area contributed by atoms with Crippen LogP contribution in [0.25, 0.3) is 0 Å². The maximum atomic E-state index is 8.52. The van der Waals surface area contributed by atoms with Crippen LogP contribution in [0.1, 0.15) is 13.3 Å². The van der Waals surface area contributed by atoms with Gasteiger partial charge in [-0.15, -0.1) is 0 Å². The Morgan fingerprint density at radius 3 is 2.92 bits per heavy atom. The minimum Gasteiger partial charge on any atom is -0.394 e. The van der Waals surface area contributed by atoms with Crippen LogP contribution in [0.5, 0.6) is 0 Å². The molecule has 0 saturated carbocycles. The Labute approximate surface area is 72.4 Å². The molecular formula is C8H16O4. The van der Waals surface area contributed by atoms with Crippen LogP contribution in [0.3, 0.4) is 0 Å². The molecule has 4 nitrogen and oxygen atoms in total. The first-order valence-electron chi connectivity index (χ1n) is 4.28. The topological polar surface area (TPSA) is 47.9 Å². The highest BCUT2D eigenvalue weighted by Crippen LogP contribution is 2.11. The Kier molecular flexibility index (Phi) is 4.53. The largest absolute Gasteiger partial charge is 0.394 e. The van der Waals surface area contributed by atoms with Crippen molar-refractivity contribution in [1.29, 1.82) is 0 Å². The lowest BCUT2D eigenvalue weighted by Gasteiger charge is -2.16. The smallest absolute Gasteiger partial charge is 0.160 e. The molecule has 1 aliphatic heterocycles. The van der Waals surface area contributed by atoms with Gasteiger partial charge >= 0.3 is 0 Å². The van der Waals surface area contributed by atoms with Gasteiger partial charge < -0.3 is 19.3 Å². The van der Waals surface area contributed by atoms with E-state index in [-0.39, 0.29) is 19.0 Å². The van der Waals surface area contributed by atoms with Gasteiger partial charge in [0.15, 0.2) is 6.29 Å². The molecule has 1 aliphatic rings. The minimum absolute atomic E-state index is 0.0368. The first-order valence-corrected chi connectivity index (χ1v) is 4.28. The lowest BCUT2D eigenvalue weighted by Crippen LogP contribution is -2.21. The summed E-state index contributed by atoms with van der Waals surface area (Å²) in [5, 5.41) is 8.52. The van der Waals surface area contributed by atoms with E-state index in [2.05, 4.69) is 0 Å². The third kappa shape index (κ3) is 3.49. The van der Waals surface area contributed by atoms with Crippen LogP contribution >= 0.6 is 0 Å². The number of rotatable bonds is 3. The Morgan fingerprint density at radius 2 is 2.17 bits per heavy atom. The fourth-order valence-electron chi connectivity index (χ4n) is 1.14. The monoisotopic (exact) mass is 176 g/mol. The van der Waals surface area contributed by atoms with Crippen molar-refractivity contribution >= 4 is 0 Å². The molecule has 0 spiro atoms. The molecular weight excluding hydrogens is 160 g/mol. The highest BCUT2D eigenvalue weighted by molar-refractivity contribution is 4.58. The molecule has 2 atom stereocenters. The summed E-state index contributed by atoms with van der Waals surface area (Å²) in [4.78, 5) is 0. The molecule has 0 radical (unpaired) electrons. The zero-order valence-electron chi connectivity index (χ0n) is 7.36. The second kappa shape index (κ2) is 5.48. The van der Waals surface area contributed by atoms with Crippen LogP contribution < -0.4 is 0 Å². The Bertz CT molecular complexity index is 118. The van der Waals surface area contributed by atoms with Crippen LogP contribution in [-0.4, -0.2) is 43.9 Å². The zero-order chi connectivity index (χ0) is 8.81. The molecule has 72 valence electrons. The molecule has 0 aromatic heterocycles. The van der Waals surface area contributed by atoms with Crippen LogP contribution in [0.15, 0.2) is 0 Å². The van der Waals surface area contributed by atoms with Crippen molar-refractivity contribution in [3.05, 3.63) is 0 Å². The van der Waals surface area contributed by atoms with Crippen LogP contribution in [-0.2, 0) is 14.2 Å². The number of aliphatic hydroxyl groups excluding tert-OH is 1. The van der Waals surface area contributed by atoms with Crippen LogP contribution in [0.4, 0.5) is 0 Å². The van der Waals surface area contributed by atoms with E-state index in [1.807, 2.05) is 6.92 Å². The normalized spacial score (nSPS) is 31.5. The van der Waals surface area contributed by atoms with Crippen molar-refractivity contribution in [3.63, 3.8) is 0 Å². The first kappa shape index (κ1) is 9.92. The Morgan fingerprint density at radius 1 is 1.42 bits per heavy atom. The molecule has 0 amide bonds. The summed E-state index contributed by atoms with van der Waals surface area (Å²) >= 11 is 0. The fourth-order valence-corrected chi connectivity index (χ4v) is 1.14. The third-order valence-corrected chi connectivity index (χ3v) is 1.71. The molecule has 1 heterocycles. The van der Waals surface area contributed by atoms with E-state index in [1.165, 1.54) is 0 Å². The van der Waals surface area contributed by atoms with Gasteiger partial charge in [0.25, 0.3) is 0 Å². The van der Waals surface area contributed by atoms with Crippen LogP contribution in [0, 0.1) is 0 Å². The van der Waals surface area contributed by atoms with Crippen molar-refractivity contribution in [1.82, 2.24) is 0 Å². The van der Waals surface area contributed by atoms with Crippen molar-refractivity contribution in [2.24, 2.45) is 0 Å². The third-order valence-electron chi connectivity index (χ3n) is 1.71. The standard InChI is InChI=1S/C8H16O4/c1-7-6-8(11-3-2-9)12-5-4-10-7/h7-9H,2-6H2,1H3. The second-order valence-corrected chi connectivity index (χ2v) is 2.81. The molecule has 2 unspecified atom stereocenters. The zero-order valence-corrected chi connectivity index (χ0v) is 7.36. The average molecular weight is 176 g/mol. The summed E-state index contributed by atoms with van der Waals surface area (Å²) in [6.45, 7) is 3.55. The van der Waals surface area contributed by atoms with Gasteiger partial charge in [-0.25, -0.2) is 0 Å². The predicted octanol–water partition coefficient (Wildman–Crippen LogP) is 0.147. The average Bonchev–Trinajstić information content (AvgIpc) is 2.26. The van der Waals surface area contributed by atoms with Crippen LogP contribution in [0.2, 0.25) is 0 Å². The molecule has 0 aliphatic carbocycles. The van der Waals surface area contributed by atoms with E-state index in [0.29, 0.717) is 19.8 Å². The quantitative estimate of drug-likeness (QED) is 0.664. The molecule has 0 bridgehead atoms. The molecule has 0 aromatic carbocycles. The van der Waals surface area contributed by atoms with Gasteiger partial charge in [-0.3, -0.25) is 0 Å². The molecule has 1 N–H and O–H groups in total. The maximum absolute atomic E-state index is 8.52. The summed E-state index contributed by atoms with van der Waals surface area (Å²) in [6, 6.07) is 0. The lowest BCUT2D eigenvalue weighted by atomic mass is 10.3. The van der Waals surface area contributed by atoms with E-state index in [4.69, 9.17) is 19.3 Å². The van der Waals surface area contributed by atoms with Gasteiger partial charge in [0.05, 0.1) is 32.5 Å². The first-order chi connectivity index (χ1) is 5.83. The van der Waals surface area contributed by atoms with Crippen molar-refractivity contribution in [3.8, 4) is 0 Å². The highest BCUT2D eigenvalue weighted by Gasteiger charge is 2.17. The molecule has 0 aromatic rings. The second-order valence-electron chi connectivity index (χ2n) is 2.81. The maximum Gasteiger partial charge on any atom is 0.160 e. The van der Waals surface area contributed by atoms with Crippen molar-refractivity contribution in [2.75, 3.05) is 26.4 Å². The molecule has 1 rings (SSSR count). The van der Waals surface area contributed by atoms with E-state index >= 15 is 0 Å². The van der Waals surface area contributed by atoms with E-state index in [9.17, 15) is 0 Å². The predicted molar refractivity (Wildman–Crippen MR) is 42.8 cm³/mol. The Balaban J connectivity index is 2.21. The Hall–Kier alpha value is -0.160. The van der Waals surface area contributed by atoms with Gasteiger partial charge in [-0.05, 0) is 6.92 Å². The van der Waals surface area contributed by atoms with Gasteiger partial charge in [-0.1, -0.05) is 0 Å². The summed E-state index contributed by atoms with van der Waals surface area (Å²) in [5.41, 5.74) is 0. The number of hydrogen-bond donors (Lipinski definition) is 1. The van der Waals surface area contributed by atoms with E-state index in [0.717, 1.165) is 6.42 Å². The summed E-state index contributed by atoms with van der Waals surface area (Å²) in [7, 11) is 0.